The maximum absolute atomic E-state index is 11.3. The third-order valence-electron chi connectivity index (χ3n) is 3.56. The Balaban J connectivity index is 2.25. The summed E-state index contributed by atoms with van der Waals surface area (Å²) in [6.07, 6.45) is -4.85. The van der Waals surface area contributed by atoms with Gasteiger partial charge in [-0.15, -0.1) is 0 Å². The number of aliphatic hydroxyl groups is 3. The normalized spacial score (nSPS) is 30.6. The Bertz CT molecular complexity index is 538. The van der Waals surface area contributed by atoms with E-state index < -0.39 is 43.2 Å². The van der Waals surface area contributed by atoms with Crippen LogP contribution < -0.4 is 14.8 Å². The van der Waals surface area contributed by atoms with Gasteiger partial charge in [0.1, 0.15) is 24.4 Å². The fourth-order valence-electron chi connectivity index (χ4n) is 2.41. The SMILES string of the molecule is COc1ccccc1O[C@H]1O[C@@H](CO)[C@@H](O)[C@@H](O)[C@H]1NC(C)=O. The molecule has 1 heterocycles. The number of nitrogens with one attached hydrogen (secondary N) is 1. The molecule has 2 rings (SSSR count). The standard InChI is InChI=1S/C15H21NO7/c1-8(18)16-12-14(20)13(19)11(7-17)23-15(12)22-10-6-4-3-5-9(10)21-2/h3-6,11-15,17,19-20H,7H2,1-2H3,(H,16,18)/t11-,12+,13+,14-,15-/m0/s1. The molecule has 1 fully saturated rings. The largest absolute Gasteiger partial charge is 0.493 e. The monoisotopic (exact) mass is 327 g/mol. The lowest BCUT2D eigenvalue weighted by Crippen LogP contribution is -2.65. The van der Waals surface area contributed by atoms with E-state index in [9.17, 15) is 20.1 Å². The van der Waals surface area contributed by atoms with Crippen molar-refractivity contribution in [3.63, 3.8) is 0 Å². The van der Waals surface area contributed by atoms with Gasteiger partial charge < -0.3 is 34.8 Å². The molecule has 1 amide bonds. The summed E-state index contributed by atoms with van der Waals surface area (Å²) in [4.78, 5) is 11.3. The number of rotatable bonds is 5. The van der Waals surface area contributed by atoms with E-state index >= 15 is 0 Å². The number of hydrogen-bond donors (Lipinski definition) is 4. The first-order valence-electron chi connectivity index (χ1n) is 7.17. The Morgan fingerprint density at radius 1 is 1.26 bits per heavy atom. The summed E-state index contributed by atoms with van der Waals surface area (Å²) in [7, 11) is 1.48. The van der Waals surface area contributed by atoms with Crippen molar-refractivity contribution < 1.29 is 34.3 Å². The van der Waals surface area contributed by atoms with E-state index in [2.05, 4.69) is 5.32 Å². The number of hydrogen-bond acceptors (Lipinski definition) is 7. The fraction of sp³-hybridized carbons (Fsp3) is 0.533. The highest BCUT2D eigenvalue weighted by molar-refractivity contribution is 5.73. The number of amides is 1. The van der Waals surface area contributed by atoms with E-state index in [0.29, 0.717) is 11.5 Å². The zero-order chi connectivity index (χ0) is 17.0. The molecule has 0 aliphatic carbocycles. The number of carbonyl (C=O) groups is 1. The van der Waals surface area contributed by atoms with E-state index in [0.717, 1.165) is 0 Å². The smallest absolute Gasteiger partial charge is 0.223 e. The van der Waals surface area contributed by atoms with Crippen molar-refractivity contribution in [1.82, 2.24) is 5.32 Å². The molecular formula is C15H21NO7. The molecule has 1 saturated heterocycles. The van der Waals surface area contributed by atoms with Gasteiger partial charge in [0.25, 0.3) is 0 Å². The summed E-state index contributed by atoms with van der Waals surface area (Å²) >= 11 is 0. The van der Waals surface area contributed by atoms with Crippen LogP contribution in [0.4, 0.5) is 0 Å². The van der Waals surface area contributed by atoms with Gasteiger partial charge in [-0.25, -0.2) is 0 Å². The molecule has 4 N–H and O–H groups in total. The summed E-state index contributed by atoms with van der Waals surface area (Å²) in [6.45, 7) is 0.772. The van der Waals surface area contributed by atoms with Crippen LogP contribution in [0.5, 0.6) is 11.5 Å². The van der Waals surface area contributed by atoms with Crippen LogP contribution in [0.2, 0.25) is 0 Å². The predicted octanol–water partition coefficient (Wildman–Crippen LogP) is -0.982. The van der Waals surface area contributed by atoms with Gasteiger partial charge in [0.2, 0.25) is 12.2 Å². The van der Waals surface area contributed by atoms with Crippen molar-refractivity contribution in [2.24, 2.45) is 0 Å². The molecule has 1 aromatic carbocycles. The molecule has 1 aromatic rings. The van der Waals surface area contributed by atoms with Gasteiger partial charge in [0, 0.05) is 6.92 Å². The van der Waals surface area contributed by atoms with E-state index in [-0.39, 0.29) is 0 Å². The second-order valence-corrected chi connectivity index (χ2v) is 5.20. The number of para-hydroxylation sites is 2. The minimum Gasteiger partial charge on any atom is -0.493 e. The number of benzene rings is 1. The lowest BCUT2D eigenvalue weighted by Gasteiger charge is -2.42. The molecule has 128 valence electrons. The van der Waals surface area contributed by atoms with Crippen LogP contribution in [0, 0.1) is 0 Å². The minimum atomic E-state index is -1.36. The van der Waals surface area contributed by atoms with Crippen molar-refractivity contribution in [3.05, 3.63) is 24.3 Å². The van der Waals surface area contributed by atoms with Crippen LogP contribution in [-0.2, 0) is 9.53 Å². The number of aliphatic hydroxyl groups excluding tert-OH is 3. The first-order valence-corrected chi connectivity index (χ1v) is 7.17. The maximum Gasteiger partial charge on any atom is 0.223 e. The first-order chi connectivity index (χ1) is 11.0. The number of ether oxygens (including phenoxy) is 3. The average molecular weight is 327 g/mol. The molecule has 1 aliphatic heterocycles. The Morgan fingerprint density at radius 2 is 1.91 bits per heavy atom. The molecule has 5 atom stereocenters. The zero-order valence-electron chi connectivity index (χ0n) is 12.9. The first kappa shape index (κ1) is 17.5. The summed E-state index contributed by atoms with van der Waals surface area (Å²) in [5.41, 5.74) is 0. The average Bonchev–Trinajstić information content (AvgIpc) is 2.54. The minimum absolute atomic E-state index is 0.343. The van der Waals surface area contributed by atoms with Gasteiger partial charge in [-0.05, 0) is 12.1 Å². The summed E-state index contributed by atoms with van der Waals surface area (Å²) in [6, 6.07) is 5.80. The molecule has 0 bridgehead atoms. The molecule has 1 aliphatic rings. The summed E-state index contributed by atoms with van der Waals surface area (Å²) in [5.74, 6) is 0.371. The maximum atomic E-state index is 11.3. The van der Waals surface area contributed by atoms with Crippen LogP contribution in [0.15, 0.2) is 24.3 Å². The highest BCUT2D eigenvalue weighted by Crippen LogP contribution is 2.30. The molecule has 8 heteroatoms. The van der Waals surface area contributed by atoms with Crippen molar-refractivity contribution in [2.75, 3.05) is 13.7 Å². The van der Waals surface area contributed by atoms with E-state index in [4.69, 9.17) is 14.2 Å². The van der Waals surface area contributed by atoms with Crippen LogP contribution in [0.25, 0.3) is 0 Å². The quantitative estimate of drug-likeness (QED) is 0.549. The molecule has 0 saturated carbocycles. The van der Waals surface area contributed by atoms with Gasteiger partial charge in [-0.3, -0.25) is 4.79 Å². The molecule has 0 aromatic heterocycles. The zero-order valence-corrected chi connectivity index (χ0v) is 12.9. The van der Waals surface area contributed by atoms with Crippen molar-refractivity contribution in [2.45, 2.75) is 37.6 Å². The van der Waals surface area contributed by atoms with Crippen molar-refractivity contribution in [1.29, 1.82) is 0 Å². The van der Waals surface area contributed by atoms with Crippen molar-refractivity contribution >= 4 is 5.91 Å². The fourth-order valence-corrected chi connectivity index (χ4v) is 2.41. The highest BCUT2D eigenvalue weighted by Gasteiger charge is 2.46. The Labute approximate surface area is 133 Å². The van der Waals surface area contributed by atoms with Crippen molar-refractivity contribution in [3.8, 4) is 11.5 Å². The molecule has 8 nitrogen and oxygen atoms in total. The van der Waals surface area contributed by atoms with Gasteiger partial charge in [0.15, 0.2) is 11.5 Å². The second kappa shape index (κ2) is 7.60. The van der Waals surface area contributed by atoms with Crippen LogP contribution in [0.1, 0.15) is 6.92 Å². The van der Waals surface area contributed by atoms with Gasteiger partial charge in [-0.1, -0.05) is 12.1 Å². The highest BCUT2D eigenvalue weighted by atomic mass is 16.7. The van der Waals surface area contributed by atoms with Crippen LogP contribution in [-0.4, -0.2) is 65.6 Å². The van der Waals surface area contributed by atoms with Gasteiger partial charge >= 0.3 is 0 Å². The summed E-state index contributed by atoms with van der Waals surface area (Å²) < 4.78 is 16.4. The van der Waals surface area contributed by atoms with Crippen LogP contribution >= 0.6 is 0 Å². The summed E-state index contributed by atoms with van der Waals surface area (Å²) in [5, 5.41) is 31.9. The topological polar surface area (TPSA) is 117 Å². The van der Waals surface area contributed by atoms with E-state index in [1.807, 2.05) is 0 Å². The number of methoxy groups -OCH3 is 1. The second-order valence-electron chi connectivity index (χ2n) is 5.20. The third kappa shape index (κ3) is 3.91. The molecule has 23 heavy (non-hydrogen) atoms. The Morgan fingerprint density at radius 3 is 2.48 bits per heavy atom. The van der Waals surface area contributed by atoms with Gasteiger partial charge in [-0.2, -0.15) is 0 Å². The number of carbonyl (C=O) groups excluding carboxylic acids is 1. The lowest BCUT2D eigenvalue weighted by atomic mass is 9.97. The Hall–Kier alpha value is -1.87. The van der Waals surface area contributed by atoms with Gasteiger partial charge in [0.05, 0.1) is 13.7 Å². The van der Waals surface area contributed by atoms with Crippen LogP contribution in [0.3, 0.4) is 0 Å². The third-order valence-corrected chi connectivity index (χ3v) is 3.56. The molecular weight excluding hydrogens is 306 g/mol. The van der Waals surface area contributed by atoms with E-state index in [1.54, 1.807) is 24.3 Å². The molecule has 0 spiro atoms. The lowest BCUT2D eigenvalue weighted by molar-refractivity contribution is -0.244. The Kier molecular flexibility index (Phi) is 5.78. The predicted molar refractivity (Wildman–Crippen MR) is 79.0 cm³/mol. The molecule has 0 unspecified atom stereocenters. The molecule has 0 radical (unpaired) electrons. The van der Waals surface area contributed by atoms with E-state index in [1.165, 1.54) is 14.0 Å².